The first-order valence-corrected chi connectivity index (χ1v) is 52.4. The minimum atomic E-state index is -1.29. The Morgan fingerprint density at radius 2 is 0.585 bits per heavy atom. The maximum absolute atomic E-state index is 14.4. The number of carbonyl (C=O) groups is 20. The molecule has 0 aliphatic carbocycles. The SMILES string of the molecule is CC(=O)NC1C(OCCCCC(=O)NCCCCCC(=O)NCC(CCCC2CCN(C(=O)CCCCCNC(=O)CCCCOC3OC(COC(C)=O)C(OC(C)=O)C(OC(C)=O)C3NC(C)=O)CC2)(CCCC2CCN(C(=O)CCCCCNC(=O)CCCCOC3OC(COC(C)=O)C(OC(C)=O)C(OC(C)=O)C3NC(C)=O)CC2)CC(=O)NCCCC(=O)C(C)C)OC(COC(C)=O)C(OC(C)=O)C1OC(C)=O. The lowest BCUT2D eigenvalue weighted by atomic mass is 9.73. The van der Waals surface area contributed by atoms with Crippen LogP contribution in [0.5, 0.6) is 0 Å². The Hall–Kier alpha value is -10.6. The lowest BCUT2D eigenvalue weighted by Gasteiger charge is -2.44. The molecule has 0 aromatic carbocycles. The second-order valence-electron chi connectivity index (χ2n) is 39.1. The van der Waals surface area contributed by atoms with Crippen molar-refractivity contribution in [1.29, 1.82) is 0 Å². The molecule has 45 heteroatoms. The lowest BCUT2D eigenvalue weighted by molar-refractivity contribution is -0.277. The summed E-state index contributed by atoms with van der Waals surface area (Å²) in [6.45, 7) is 20.9. The third-order valence-corrected chi connectivity index (χ3v) is 26.0. The van der Waals surface area contributed by atoms with Crippen molar-refractivity contribution in [2.45, 2.75) is 407 Å². The molecule has 834 valence electrons. The van der Waals surface area contributed by atoms with Crippen molar-refractivity contribution >= 4 is 119 Å². The van der Waals surface area contributed by atoms with E-state index in [0.717, 1.165) is 92.9 Å². The molecule has 0 bridgehead atoms. The van der Waals surface area contributed by atoms with E-state index >= 15 is 0 Å². The van der Waals surface area contributed by atoms with Gasteiger partial charge in [-0.1, -0.05) is 58.8 Å². The minimum absolute atomic E-state index is 0.0304. The molecule has 10 amide bonds. The second kappa shape index (κ2) is 69.6. The van der Waals surface area contributed by atoms with Gasteiger partial charge in [0.2, 0.25) is 59.1 Å². The summed E-state index contributed by atoms with van der Waals surface area (Å²) in [6, 6.07) is -3.39. The van der Waals surface area contributed by atoms with Gasteiger partial charge in [-0.2, -0.15) is 0 Å². The molecule has 45 nitrogen and oxygen atoms in total. The molecule has 0 spiro atoms. The van der Waals surface area contributed by atoms with Crippen LogP contribution in [0.2, 0.25) is 0 Å². The molecule has 5 saturated heterocycles. The standard InChI is InChI=1S/C102H166N10O35/c1-64(2)79(125)35-32-51-106-87(130)59-102(63-107-86(129)36-18-15-24-48-103-83(126)37-21-27-56-133-99-90(108-65(3)113)96(142-74(12)122)93(139-71(9)119)80(145-99)60-136-68(6)116,46-30-33-77-42-52-111(53-43-77)88(131)40-19-16-25-49-104-84(127)38-22-28-57-134-100-91(109-66(4)114)97(143-75(13)123)94(140-72(10)120)81(146-100)61-137-69(7)117)47-31-34-78-44-54-112(55-45-78)89(132)41-20-17-26-50-105-85(128)39-23-29-58-135-101-92(110-67(5)115)98(144-76(14)124)95(141-73(11)121)82(147-101)62-138-70(8)118/h64,77-78,80-82,90-101H,15-63H2,1-14H3,(H,103,126)(H,104,127)(H,105,128)(H,106,130)(H,107,129)(H,108,113)(H,109,114)(H,110,115). The van der Waals surface area contributed by atoms with Gasteiger partial charge in [0.1, 0.15) is 62.0 Å². The van der Waals surface area contributed by atoms with Crippen molar-refractivity contribution in [1.82, 2.24) is 52.3 Å². The third kappa shape index (κ3) is 51.9. The zero-order chi connectivity index (χ0) is 109. The minimum Gasteiger partial charge on any atom is -0.463 e. The van der Waals surface area contributed by atoms with E-state index in [1.54, 1.807) is 0 Å². The van der Waals surface area contributed by atoms with Crippen molar-refractivity contribution < 1.29 is 167 Å². The highest BCUT2D eigenvalue weighted by atomic mass is 16.7. The summed E-state index contributed by atoms with van der Waals surface area (Å²) in [6.07, 6.45) is 3.24. The lowest BCUT2D eigenvalue weighted by Crippen LogP contribution is -2.66. The quantitative estimate of drug-likeness (QED) is 0.0197. The number of amides is 10. The van der Waals surface area contributed by atoms with Gasteiger partial charge in [-0.3, -0.25) is 95.9 Å². The topological polar surface area (TPSA) is 583 Å². The Balaban J connectivity index is 1.13. The zero-order valence-corrected chi connectivity index (χ0v) is 88.7. The van der Waals surface area contributed by atoms with Crippen molar-refractivity contribution in [3.8, 4) is 0 Å². The molecule has 0 saturated carbocycles. The van der Waals surface area contributed by atoms with Crippen LogP contribution in [0.3, 0.4) is 0 Å². The summed E-state index contributed by atoms with van der Waals surface area (Å²) in [4.78, 5) is 257. The number of hydrogen-bond acceptors (Lipinski definition) is 35. The number of nitrogens with zero attached hydrogens (tertiary/aromatic N) is 2. The van der Waals surface area contributed by atoms with E-state index < -0.39 is 175 Å². The number of esters is 9. The Morgan fingerprint density at radius 3 is 0.878 bits per heavy atom. The fourth-order valence-corrected chi connectivity index (χ4v) is 18.6. The van der Waals surface area contributed by atoms with Gasteiger partial charge < -0.3 is 123 Å². The highest BCUT2D eigenvalue weighted by molar-refractivity contribution is 5.82. The van der Waals surface area contributed by atoms with Crippen LogP contribution in [0.4, 0.5) is 0 Å². The van der Waals surface area contributed by atoms with Crippen molar-refractivity contribution in [3.63, 3.8) is 0 Å². The Morgan fingerprint density at radius 1 is 0.306 bits per heavy atom. The highest BCUT2D eigenvalue weighted by Gasteiger charge is 2.55. The highest BCUT2D eigenvalue weighted by Crippen LogP contribution is 2.39. The Labute approximate surface area is 862 Å². The van der Waals surface area contributed by atoms with Gasteiger partial charge in [0.15, 0.2) is 55.5 Å². The average Bonchev–Trinajstić information content (AvgIpc) is 0.790. The Kier molecular flexibility index (Phi) is 60.1. The number of rotatable bonds is 68. The molecule has 8 N–H and O–H groups in total. The molecule has 5 heterocycles. The van der Waals surface area contributed by atoms with E-state index in [1.165, 1.54) is 41.5 Å². The molecule has 15 atom stereocenters. The van der Waals surface area contributed by atoms with E-state index in [9.17, 15) is 95.9 Å². The predicted molar refractivity (Wildman–Crippen MR) is 524 cm³/mol. The molecule has 147 heavy (non-hydrogen) atoms. The molecular weight excluding hydrogens is 1930 g/mol. The van der Waals surface area contributed by atoms with E-state index in [1.807, 2.05) is 23.6 Å². The molecule has 0 aromatic rings. The number of Topliss-reactive ketones (excluding diaryl/α,β-unsaturated/α-hetero) is 1. The third-order valence-electron chi connectivity index (χ3n) is 26.0. The Bertz CT molecular complexity index is 4030. The van der Waals surface area contributed by atoms with E-state index in [0.29, 0.717) is 199 Å². The number of nitrogens with one attached hydrogen (secondary N) is 8. The van der Waals surface area contributed by atoms with Crippen LogP contribution in [0.1, 0.15) is 315 Å². The first kappa shape index (κ1) is 127. The summed E-state index contributed by atoms with van der Waals surface area (Å²) in [7, 11) is 0. The maximum Gasteiger partial charge on any atom is 0.303 e. The number of hydrogen-bond donors (Lipinski definition) is 8. The summed E-state index contributed by atoms with van der Waals surface area (Å²) in [5, 5.41) is 23.1. The van der Waals surface area contributed by atoms with E-state index in [4.69, 9.17) is 71.1 Å². The van der Waals surface area contributed by atoms with Crippen LogP contribution >= 0.6 is 0 Å². The number of carbonyl (C=O) groups excluding carboxylic acids is 20. The van der Waals surface area contributed by atoms with Crippen LogP contribution in [-0.2, 0) is 167 Å². The molecule has 0 aromatic heterocycles. The molecule has 5 aliphatic heterocycles. The first-order chi connectivity index (χ1) is 69.9. The molecule has 5 aliphatic rings. The number of likely N-dealkylation sites (tertiary alicyclic amines) is 2. The van der Waals surface area contributed by atoms with Crippen LogP contribution in [0.25, 0.3) is 0 Å². The van der Waals surface area contributed by atoms with Gasteiger partial charge in [0, 0.05) is 219 Å². The molecule has 5 rings (SSSR count). The molecule has 0 radical (unpaired) electrons. The van der Waals surface area contributed by atoms with Gasteiger partial charge in [-0.05, 0) is 139 Å². The predicted octanol–water partition coefficient (Wildman–Crippen LogP) is 5.98. The fraction of sp³-hybridized carbons (Fsp3) is 0.804. The second-order valence-corrected chi connectivity index (χ2v) is 39.1. The van der Waals surface area contributed by atoms with Gasteiger partial charge in [0.05, 0.1) is 0 Å². The monoisotopic (exact) mass is 2090 g/mol. The molecule has 5 fully saturated rings. The molecular formula is C102H166N10O35. The number of unbranched alkanes of at least 4 members (excludes halogenated alkanes) is 9. The first-order valence-electron chi connectivity index (χ1n) is 52.4. The van der Waals surface area contributed by atoms with E-state index in [-0.39, 0.29) is 125 Å². The largest absolute Gasteiger partial charge is 0.463 e. The summed E-state index contributed by atoms with van der Waals surface area (Å²) < 4.78 is 84.7. The van der Waals surface area contributed by atoms with Gasteiger partial charge >= 0.3 is 53.7 Å². The zero-order valence-electron chi connectivity index (χ0n) is 88.7. The van der Waals surface area contributed by atoms with Crippen LogP contribution in [0, 0.1) is 23.2 Å². The van der Waals surface area contributed by atoms with Crippen LogP contribution < -0.4 is 42.5 Å². The van der Waals surface area contributed by atoms with Crippen LogP contribution in [-0.4, -0.2) is 319 Å². The van der Waals surface area contributed by atoms with E-state index in [2.05, 4.69) is 42.5 Å². The number of ether oxygens (including phenoxy) is 15. The summed E-state index contributed by atoms with van der Waals surface area (Å²) >= 11 is 0. The van der Waals surface area contributed by atoms with Crippen LogP contribution in [0.15, 0.2) is 0 Å². The summed E-state index contributed by atoms with van der Waals surface area (Å²) in [5.74, 6) is -8.19. The van der Waals surface area contributed by atoms with Gasteiger partial charge in [-0.25, -0.2) is 0 Å². The van der Waals surface area contributed by atoms with Gasteiger partial charge in [-0.15, -0.1) is 0 Å². The van der Waals surface area contributed by atoms with Crippen molar-refractivity contribution in [2.24, 2.45) is 23.2 Å². The smallest absolute Gasteiger partial charge is 0.303 e. The number of piperidine rings is 2. The maximum atomic E-state index is 14.4. The van der Waals surface area contributed by atoms with Crippen molar-refractivity contribution in [3.05, 3.63) is 0 Å². The fourth-order valence-electron chi connectivity index (χ4n) is 18.6. The normalized spacial score (nSPS) is 22.4. The van der Waals surface area contributed by atoms with Crippen molar-refractivity contribution in [2.75, 3.05) is 98.5 Å². The average molecular weight is 2090 g/mol. The van der Waals surface area contributed by atoms with Gasteiger partial charge in [0.25, 0.3) is 0 Å². The summed E-state index contributed by atoms with van der Waals surface area (Å²) in [5.41, 5.74) is -0.668. The molecule has 15 unspecified atom stereocenters. The number of ketones is 1.